The Morgan fingerprint density at radius 3 is 2.58 bits per heavy atom. The zero-order valence-electron chi connectivity index (χ0n) is 19.2. The van der Waals surface area contributed by atoms with E-state index in [2.05, 4.69) is 20.4 Å². The summed E-state index contributed by atoms with van der Waals surface area (Å²) in [5.41, 5.74) is 1.84. The standard InChI is InChI=1S/C24H23F3N6O3/c25-24(26,27)21-13-19(33-15-28-29-30-33)3-2-17(21)12-22(34)32-9-7-31(8-10-32)6-5-16-1-4-20-18(11-16)14-36-23(20)35/h1-4,11,13,15H,5-10,12,14H2. The number of alkyl halides is 3. The monoisotopic (exact) mass is 500 g/mol. The average Bonchev–Trinajstić information content (AvgIpc) is 3.53. The van der Waals surface area contributed by atoms with Gasteiger partial charge in [0.05, 0.1) is 23.2 Å². The summed E-state index contributed by atoms with van der Waals surface area (Å²) < 4.78 is 47.3. The van der Waals surface area contributed by atoms with Gasteiger partial charge in [0.2, 0.25) is 5.91 Å². The lowest BCUT2D eigenvalue weighted by molar-refractivity contribution is -0.138. The number of tetrazole rings is 1. The Morgan fingerprint density at radius 1 is 1.06 bits per heavy atom. The van der Waals surface area contributed by atoms with Crippen LogP contribution in [0.1, 0.15) is 32.6 Å². The minimum absolute atomic E-state index is 0.0779. The summed E-state index contributed by atoms with van der Waals surface area (Å²) in [5, 5.41) is 10.5. The number of halogens is 3. The number of amides is 1. The van der Waals surface area contributed by atoms with Gasteiger partial charge < -0.3 is 9.64 Å². The van der Waals surface area contributed by atoms with E-state index in [1.807, 2.05) is 12.1 Å². The Bertz CT molecular complexity index is 1270. The number of cyclic esters (lactones) is 1. The highest BCUT2D eigenvalue weighted by molar-refractivity contribution is 5.93. The highest BCUT2D eigenvalue weighted by Crippen LogP contribution is 2.34. The summed E-state index contributed by atoms with van der Waals surface area (Å²) in [6, 6.07) is 9.44. The first-order valence-corrected chi connectivity index (χ1v) is 11.5. The van der Waals surface area contributed by atoms with Crippen molar-refractivity contribution in [1.82, 2.24) is 30.0 Å². The molecule has 12 heteroatoms. The van der Waals surface area contributed by atoms with Gasteiger partial charge in [0, 0.05) is 38.3 Å². The smallest absolute Gasteiger partial charge is 0.416 e. The van der Waals surface area contributed by atoms with Crippen LogP contribution in [-0.4, -0.2) is 74.6 Å². The number of carbonyl (C=O) groups is 2. The van der Waals surface area contributed by atoms with E-state index in [9.17, 15) is 22.8 Å². The first-order chi connectivity index (χ1) is 17.3. The Labute approximate surface area is 204 Å². The molecule has 0 atom stereocenters. The first kappa shape index (κ1) is 23.9. The van der Waals surface area contributed by atoms with Crippen LogP contribution in [-0.2, 0) is 35.2 Å². The predicted octanol–water partition coefficient (Wildman–Crippen LogP) is 2.28. The number of rotatable bonds is 6. The number of esters is 1. The minimum atomic E-state index is -4.62. The summed E-state index contributed by atoms with van der Waals surface area (Å²) in [4.78, 5) is 28.3. The predicted molar refractivity (Wildman–Crippen MR) is 120 cm³/mol. The maximum atomic E-state index is 13.7. The number of ether oxygens (including phenoxy) is 1. The molecule has 1 aromatic heterocycles. The molecule has 0 unspecified atom stereocenters. The van der Waals surface area contributed by atoms with Crippen molar-refractivity contribution >= 4 is 11.9 Å². The number of nitrogens with zero attached hydrogens (tertiary/aromatic N) is 6. The molecular weight excluding hydrogens is 477 g/mol. The van der Waals surface area contributed by atoms with Gasteiger partial charge in [-0.15, -0.1) is 5.10 Å². The molecule has 2 aromatic carbocycles. The topological polar surface area (TPSA) is 93.5 Å². The van der Waals surface area contributed by atoms with Crippen LogP contribution in [0.25, 0.3) is 5.69 Å². The van der Waals surface area contributed by atoms with E-state index in [0.717, 1.165) is 34.8 Å². The number of carbonyl (C=O) groups excluding carboxylic acids is 2. The second-order valence-electron chi connectivity index (χ2n) is 8.81. The van der Waals surface area contributed by atoms with E-state index in [0.29, 0.717) is 38.3 Å². The van der Waals surface area contributed by atoms with Crippen molar-refractivity contribution in [3.05, 3.63) is 70.5 Å². The van der Waals surface area contributed by atoms with Gasteiger partial charge >= 0.3 is 12.1 Å². The molecule has 9 nitrogen and oxygen atoms in total. The highest BCUT2D eigenvalue weighted by Gasteiger charge is 2.35. The Balaban J connectivity index is 1.16. The fourth-order valence-electron chi connectivity index (χ4n) is 4.53. The van der Waals surface area contributed by atoms with Crippen LogP contribution in [0.5, 0.6) is 0 Å². The number of hydrogen-bond acceptors (Lipinski definition) is 7. The molecule has 0 radical (unpaired) electrons. The van der Waals surface area contributed by atoms with E-state index < -0.39 is 11.7 Å². The largest absolute Gasteiger partial charge is 0.457 e. The van der Waals surface area contributed by atoms with E-state index in [-0.39, 0.29) is 29.5 Å². The van der Waals surface area contributed by atoms with E-state index in [4.69, 9.17) is 4.74 Å². The van der Waals surface area contributed by atoms with Gasteiger partial charge in [-0.05, 0) is 46.2 Å². The van der Waals surface area contributed by atoms with E-state index in [1.54, 1.807) is 11.0 Å². The Hall–Kier alpha value is -3.80. The van der Waals surface area contributed by atoms with Crippen LogP contribution in [0.2, 0.25) is 0 Å². The van der Waals surface area contributed by atoms with Crippen molar-refractivity contribution in [2.45, 2.75) is 25.6 Å². The third-order valence-electron chi connectivity index (χ3n) is 6.54. The summed E-state index contributed by atoms with van der Waals surface area (Å²) >= 11 is 0. The third kappa shape index (κ3) is 5.08. The molecule has 0 bridgehead atoms. The van der Waals surface area contributed by atoms with Gasteiger partial charge in [0.25, 0.3) is 0 Å². The zero-order chi connectivity index (χ0) is 25.3. The first-order valence-electron chi connectivity index (χ1n) is 11.5. The molecule has 3 aromatic rings. The zero-order valence-corrected chi connectivity index (χ0v) is 19.2. The Morgan fingerprint density at radius 2 is 1.86 bits per heavy atom. The highest BCUT2D eigenvalue weighted by atomic mass is 19.4. The lowest BCUT2D eigenvalue weighted by Gasteiger charge is -2.35. The molecule has 1 saturated heterocycles. The van der Waals surface area contributed by atoms with Crippen molar-refractivity contribution < 1.29 is 27.5 Å². The SMILES string of the molecule is O=C1OCc2cc(CCN3CCN(C(=O)Cc4ccc(-n5cnnn5)cc4C(F)(F)F)CC3)ccc21. The number of hydrogen-bond donors (Lipinski definition) is 0. The summed E-state index contributed by atoms with van der Waals surface area (Å²) in [6.45, 7) is 3.28. The fourth-order valence-corrected chi connectivity index (χ4v) is 4.53. The molecule has 0 spiro atoms. The number of aromatic nitrogens is 4. The molecule has 1 fully saturated rings. The molecule has 0 N–H and O–H groups in total. The molecule has 0 saturated carbocycles. The van der Waals surface area contributed by atoms with Crippen LogP contribution in [0, 0.1) is 0 Å². The maximum absolute atomic E-state index is 13.7. The molecule has 0 aliphatic carbocycles. The van der Waals surface area contributed by atoms with Crippen LogP contribution in [0.15, 0.2) is 42.7 Å². The molecule has 36 heavy (non-hydrogen) atoms. The molecule has 2 aliphatic heterocycles. The summed E-state index contributed by atoms with van der Waals surface area (Å²) in [5.74, 6) is -0.623. The van der Waals surface area contributed by atoms with Crippen molar-refractivity contribution in [2.24, 2.45) is 0 Å². The summed E-state index contributed by atoms with van der Waals surface area (Å²) in [7, 11) is 0. The van der Waals surface area contributed by atoms with Crippen LogP contribution in [0.4, 0.5) is 13.2 Å². The lowest BCUT2D eigenvalue weighted by atomic mass is 10.0. The van der Waals surface area contributed by atoms with Crippen molar-refractivity contribution in [2.75, 3.05) is 32.7 Å². The van der Waals surface area contributed by atoms with Crippen molar-refractivity contribution in [1.29, 1.82) is 0 Å². The van der Waals surface area contributed by atoms with E-state index >= 15 is 0 Å². The lowest BCUT2D eigenvalue weighted by Crippen LogP contribution is -2.49. The van der Waals surface area contributed by atoms with Crippen molar-refractivity contribution in [3.63, 3.8) is 0 Å². The van der Waals surface area contributed by atoms with Gasteiger partial charge in [-0.3, -0.25) is 9.69 Å². The second kappa shape index (κ2) is 9.69. The quantitative estimate of drug-likeness (QED) is 0.480. The molecule has 3 heterocycles. The normalized spacial score (nSPS) is 16.2. The molecule has 2 aliphatic rings. The fraction of sp³-hybridized carbons (Fsp3) is 0.375. The van der Waals surface area contributed by atoms with Crippen LogP contribution >= 0.6 is 0 Å². The second-order valence-corrected chi connectivity index (χ2v) is 8.81. The molecule has 5 rings (SSSR count). The molecule has 1 amide bonds. The van der Waals surface area contributed by atoms with Gasteiger partial charge in [-0.2, -0.15) is 13.2 Å². The van der Waals surface area contributed by atoms with Gasteiger partial charge in [0.1, 0.15) is 12.9 Å². The van der Waals surface area contributed by atoms with Crippen LogP contribution < -0.4 is 0 Å². The maximum Gasteiger partial charge on any atom is 0.416 e. The van der Waals surface area contributed by atoms with Gasteiger partial charge in [0.15, 0.2) is 0 Å². The third-order valence-corrected chi connectivity index (χ3v) is 6.54. The van der Waals surface area contributed by atoms with E-state index in [1.165, 1.54) is 18.5 Å². The average molecular weight is 500 g/mol. The number of piperazine rings is 1. The summed E-state index contributed by atoms with van der Waals surface area (Å²) in [6.07, 6.45) is -2.95. The van der Waals surface area contributed by atoms with Crippen LogP contribution in [0.3, 0.4) is 0 Å². The molecular formula is C24H23F3N6O3. The Kier molecular flexibility index (Phi) is 6.44. The molecule has 188 valence electrons. The van der Waals surface area contributed by atoms with Crippen molar-refractivity contribution in [3.8, 4) is 5.69 Å². The van der Waals surface area contributed by atoms with Gasteiger partial charge in [-0.1, -0.05) is 18.2 Å². The number of fused-ring (bicyclic) bond motifs is 1. The minimum Gasteiger partial charge on any atom is -0.457 e. The number of benzene rings is 2. The van der Waals surface area contributed by atoms with Gasteiger partial charge in [-0.25, -0.2) is 9.48 Å².